The third-order valence-electron chi connectivity index (χ3n) is 3.65. The summed E-state index contributed by atoms with van der Waals surface area (Å²) in [5.74, 6) is -5.64. The van der Waals surface area contributed by atoms with Gasteiger partial charge in [-0.1, -0.05) is 12.1 Å². The molecular formula is C18H16N2O10. The second-order valence-corrected chi connectivity index (χ2v) is 5.77. The summed E-state index contributed by atoms with van der Waals surface area (Å²) in [6.45, 7) is 0. The lowest BCUT2D eigenvalue weighted by Gasteiger charge is -2.16. The molecule has 158 valence electrons. The molecule has 12 nitrogen and oxygen atoms in total. The third kappa shape index (κ3) is 5.28. The van der Waals surface area contributed by atoms with Crippen molar-refractivity contribution >= 4 is 35.3 Å². The van der Waals surface area contributed by atoms with Crippen molar-refractivity contribution < 1.29 is 44.5 Å². The number of aromatic carboxylic acids is 4. The Hall–Kier alpha value is -4.48. The second kappa shape index (κ2) is 9.64. The molecule has 0 aromatic heterocycles. The van der Waals surface area contributed by atoms with Crippen LogP contribution in [0.15, 0.2) is 36.4 Å². The zero-order chi connectivity index (χ0) is 23.2. The Labute approximate surface area is 168 Å². The average Bonchev–Trinajstić information content (AvgIpc) is 2.66. The zero-order valence-corrected chi connectivity index (χ0v) is 15.6. The van der Waals surface area contributed by atoms with Crippen LogP contribution in [-0.4, -0.2) is 63.3 Å². The van der Waals surface area contributed by atoms with E-state index in [1.54, 1.807) is 25.1 Å². The maximum atomic E-state index is 11.0. The number of nitro benzene ring substituents is 1. The molecule has 2 aromatic carbocycles. The van der Waals surface area contributed by atoms with Gasteiger partial charge in [-0.3, -0.25) is 10.1 Å². The van der Waals surface area contributed by atoms with Gasteiger partial charge < -0.3 is 25.3 Å². The van der Waals surface area contributed by atoms with E-state index in [2.05, 4.69) is 0 Å². The Morgan fingerprint density at radius 1 is 0.767 bits per heavy atom. The van der Waals surface area contributed by atoms with Gasteiger partial charge in [0.05, 0.1) is 27.3 Å². The molecule has 0 fully saturated rings. The topological polar surface area (TPSA) is 196 Å². The van der Waals surface area contributed by atoms with Crippen molar-refractivity contribution in [2.75, 3.05) is 19.0 Å². The van der Waals surface area contributed by atoms with Crippen LogP contribution in [0.2, 0.25) is 0 Å². The normalized spacial score (nSPS) is 9.67. The first-order valence-corrected chi connectivity index (χ1v) is 7.91. The maximum absolute atomic E-state index is 11.0. The molecule has 0 atom stereocenters. The van der Waals surface area contributed by atoms with Crippen LogP contribution in [0.4, 0.5) is 11.4 Å². The second-order valence-electron chi connectivity index (χ2n) is 5.77. The molecule has 0 aliphatic carbocycles. The quantitative estimate of drug-likeness (QED) is 0.394. The van der Waals surface area contributed by atoms with Gasteiger partial charge in [-0.15, -0.1) is 0 Å². The van der Waals surface area contributed by atoms with Crippen LogP contribution in [0, 0.1) is 10.1 Å². The summed E-state index contributed by atoms with van der Waals surface area (Å²) in [5.41, 5.74) is -2.15. The van der Waals surface area contributed by atoms with Crippen molar-refractivity contribution in [3.05, 3.63) is 68.8 Å². The van der Waals surface area contributed by atoms with E-state index in [1.807, 2.05) is 0 Å². The fourth-order valence-electron chi connectivity index (χ4n) is 2.41. The molecule has 0 aliphatic heterocycles. The predicted octanol–water partition coefficient (Wildman–Crippen LogP) is 2.14. The minimum absolute atomic E-state index is 0.185. The predicted molar refractivity (Wildman–Crippen MR) is 102 cm³/mol. The summed E-state index contributed by atoms with van der Waals surface area (Å²) in [6, 6.07) is 7.42. The summed E-state index contributed by atoms with van der Waals surface area (Å²) < 4.78 is 0. The smallest absolute Gasteiger partial charge is 0.343 e. The Kier molecular flexibility index (Phi) is 7.57. The van der Waals surface area contributed by atoms with Gasteiger partial charge in [-0.05, 0) is 18.2 Å². The molecule has 12 heteroatoms. The summed E-state index contributed by atoms with van der Waals surface area (Å²) in [5, 5.41) is 45.6. The van der Waals surface area contributed by atoms with E-state index in [1.165, 1.54) is 12.1 Å². The summed E-state index contributed by atoms with van der Waals surface area (Å²) >= 11 is 0. The number of benzene rings is 2. The van der Waals surface area contributed by atoms with E-state index in [9.17, 15) is 29.3 Å². The monoisotopic (exact) mass is 420 g/mol. The summed E-state index contributed by atoms with van der Waals surface area (Å²) in [4.78, 5) is 54.2. The van der Waals surface area contributed by atoms with Crippen LogP contribution in [0.5, 0.6) is 0 Å². The van der Waals surface area contributed by atoms with Crippen LogP contribution >= 0.6 is 0 Å². The molecule has 2 rings (SSSR count). The summed E-state index contributed by atoms with van der Waals surface area (Å²) in [7, 11) is 3.32. The molecule has 30 heavy (non-hydrogen) atoms. The molecule has 0 saturated heterocycles. The number of nitrogens with zero attached hydrogens (tertiary/aromatic N) is 2. The molecular weight excluding hydrogens is 404 g/mol. The van der Waals surface area contributed by atoms with Gasteiger partial charge in [0, 0.05) is 20.2 Å². The number of nitro groups is 1. The molecule has 0 heterocycles. The lowest BCUT2D eigenvalue weighted by Crippen LogP contribution is -2.17. The van der Waals surface area contributed by atoms with E-state index in [0.717, 1.165) is 18.2 Å². The van der Waals surface area contributed by atoms with Crippen molar-refractivity contribution in [1.82, 2.24) is 0 Å². The standard InChI is InChI=1S/C10H11NO4.C8H5NO6/c1-11(2)7-5-3-4-6(9(12)13)8(7)10(14)15;10-7(11)4-2-1-3-5(9(14)15)6(4)8(12)13/h3-5H,1-2H3,(H,12,13)(H,14,15);1-3H,(H,10,11)(H,12,13). The van der Waals surface area contributed by atoms with Gasteiger partial charge in [0.15, 0.2) is 5.56 Å². The molecule has 0 saturated carbocycles. The minimum atomic E-state index is -1.64. The van der Waals surface area contributed by atoms with E-state index in [-0.39, 0.29) is 11.1 Å². The van der Waals surface area contributed by atoms with Crippen LogP contribution in [0.25, 0.3) is 0 Å². The van der Waals surface area contributed by atoms with Crippen molar-refractivity contribution in [1.29, 1.82) is 0 Å². The third-order valence-corrected chi connectivity index (χ3v) is 3.65. The molecule has 0 spiro atoms. The van der Waals surface area contributed by atoms with Crippen molar-refractivity contribution in [3.63, 3.8) is 0 Å². The molecule has 0 amide bonds. The fraction of sp³-hybridized carbons (Fsp3) is 0.111. The van der Waals surface area contributed by atoms with E-state index in [4.69, 9.17) is 20.4 Å². The molecule has 4 N–H and O–H groups in total. The van der Waals surface area contributed by atoms with E-state index in [0.29, 0.717) is 5.69 Å². The highest BCUT2D eigenvalue weighted by atomic mass is 16.6. The summed E-state index contributed by atoms with van der Waals surface area (Å²) in [6.07, 6.45) is 0. The van der Waals surface area contributed by atoms with Crippen molar-refractivity contribution in [2.45, 2.75) is 0 Å². The highest BCUT2D eigenvalue weighted by molar-refractivity contribution is 6.06. The Morgan fingerprint density at radius 2 is 1.20 bits per heavy atom. The Balaban J connectivity index is 0.000000300. The first-order valence-electron chi connectivity index (χ1n) is 7.91. The van der Waals surface area contributed by atoms with E-state index >= 15 is 0 Å². The van der Waals surface area contributed by atoms with Crippen molar-refractivity contribution in [2.24, 2.45) is 0 Å². The van der Waals surface area contributed by atoms with Crippen molar-refractivity contribution in [3.8, 4) is 0 Å². The first-order chi connectivity index (χ1) is 13.9. The first kappa shape index (κ1) is 23.6. The number of rotatable bonds is 6. The Morgan fingerprint density at radius 3 is 1.57 bits per heavy atom. The number of carbonyl (C=O) groups is 4. The number of hydrogen-bond donors (Lipinski definition) is 4. The van der Waals surface area contributed by atoms with Crippen LogP contribution in [-0.2, 0) is 0 Å². The lowest BCUT2D eigenvalue weighted by atomic mass is 10.0. The number of hydrogen-bond acceptors (Lipinski definition) is 7. The van der Waals surface area contributed by atoms with Crippen LogP contribution in [0.3, 0.4) is 0 Å². The van der Waals surface area contributed by atoms with Crippen LogP contribution < -0.4 is 4.90 Å². The number of anilines is 1. The van der Waals surface area contributed by atoms with Crippen LogP contribution in [0.1, 0.15) is 41.4 Å². The molecule has 0 bridgehead atoms. The Bertz CT molecular complexity index is 997. The highest BCUT2D eigenvalue weighted by Crippen LogP contribution is 2.23. The minimum Gasteiger partial charge on any atom is -0.478 e. The largest absolute Gasteiger partial charge is 0.478 e. The van der Waals surface area contributed by atoms with Gasteiger partial charge in [0.25, 0.3) is 5.69 Å². The van der Waals surface area contributed by atoms with Gasteiger partial charge in [-0.25, -0.2) is 19.2 Å². The maximum Gasteiger partial charge on any atom is 0.343 e. The number of carboxylic acid groups (broad SMARTS) is 4. The van der Waals surface area contributed by atoms with Gasteiger partial charge in [0.1, 0.15) is 0 Å². The van der Waals surface area contributed by atoms with Gasteiger partial charge in [0.2, 0.25) is 0 Å². The zero-order valence-electron chi connectivity index (χ0n) is 15.6. The molecule has 0 aliphatic rings. The lowest BCUT2D eigenvalue weighted by molar-refractivity contribution is -0.385. The SMILES string of the molecule is CN(C)c1cccc(C(=O)O)c1C(=O)O.O=C(O)c1cccc([N+](=O)[O-])c1C(=O)O. The van der Waals surface area contributed by atoms with Gasteiger partial charge >= 0.3 is 23.9 Å². The average molecular weight is 420 g/mol. The molecule has 0 radical (unpaired) electrons. The molecule has 0 unspecified atom stereocenters. The highest BCUT2D eigenvalue weighted by Gasteiger charge is 2.26. The molecule has 2 aromatic rings. The number of carboxylic acids is 4. The fourth-order valence-corrected chi connectivity index (χ4v) is 2.41. The van der Waals surface area contributed by atoms with Gasteiger partial charge in [-0.2, -0.15) is 0 Å². The van der Waals surface area contributed by atoms with E-state index < -0.39 is 45.6 Å².